The van der Waals surface area contributed by atoms with Crippen LogP contribution in [0.2, 0.25) is 0 Å². The highest BCUT2D eigenvalue weighted by Gasteiger charge is 2.21. The Hall–Kier alpha value is -3.55. The molecule has 0 radical (unpaired) electrons. The number of aliphatic hydroxyl groups is 1. The first kappa shape index (κ1) is 25.1. The van der Waals surface area contributed by atoms with Gasteiger partial charge in [0.05, 0.1) is 26.3 Å². The summed E-state index contributed by atoms with van der Waals surface area (Å²) < 4.78 is 16.1. The molecule has 3 aromatic rings. The molecule has 0 aliphatic heterocycles. The van der Waals surface area contributed by atoms with Crippen LogP contribution in [0.3, 0.4) is 0 Å². The Morgan fingerprint density at radius 2 is 1.35 bits per heavy atom. The van der Waals surface area contributed by atoms with Crippen LogP contribution < -0.4 is 24.8 Å². The second-order valence-electron chi connectivity index (χ2n) is 7.90. The van der Waals surface area contributed by atoms with Crippen LogP contribution >= 0.6 is 0 Å². The number of para-hydroxylation sites is 1. The number of nitrogens with one attached hydrogen (secondary N) is 2. The average Bonchev–Trinajstić information content (AvgIpc) is 2.89. The molecule has 3 rings (SSSR count). The lowest BCUT2D eigenvalue weighted by atomic mass is 9.98. The van der Waals surface area contributed by atoms with Crippen LogP contribution in [0.25, 0.3) is 0 Å². The number of carbonyl (C=O) groups is 1. The first-order chi connectivity index (χ1) is 16.5. The summed E-state index contributed by atoms with van der Waals surface area (Å²) in [6, 6.07) is 23.6. The number of benzene rings is 3. The van der Waals surface area contributed by atoms with Crippen LogP contribution in [-0.4, -0.2) is 50.5 Å². The Balaban J connectivity index is 1.61. The maximum atomic E-state index is 13.0. The monoisotopic (exact) mass is 464 g/mol. The van der Waals surface area contributed by atoms with E-state index in [0.717, 1.165) is 22.6 Å². The predicted octanol–water partition coefficient (Wildman–Crippen LogP) is 3.33. The van der Waals surface area contributed by atoms with Crippen molar-refractivity contribution in [1.82, 2.24) is 10.6 Å². The number of hydrogen-bond donors (Lipinski definition) is 3. The third-order valence-corrected chi connectivity index (χ3v) is 5.42. The van der Waals surface area contributed by atoms with Crippen molar-refractivity contribution < 1.29 is 24.1 Å². The first-order valence-electron chi connectivity index (χ1n) is 11.2. The van der Waals surface area contributed by atoms with E-state index in [4.69, 9.17) is 14.2 Å². The second kappa shape index (κ2) is 12.6. The van der Waals surface area contributed by atoms with E-state index in [2.05, 4.69) is 10.6 Å². The summed E-state index contributed by atoms with van der Waals surface area (Å²) in [7, 11) is 3.23. The first-order valence-corrected chi connectivity index (χ1v) is 11.2. The van der Waals surface area contributed by atoms with Gasteiger partial charge >= 0.3 is 0 Å². The molecule has 7 nitrogen and oxygen atoms in total. The molecule has 0 aliphatic carbocycles. The van der Waals surface area contributed by atoms with E-state index < -0.39 is 12.1 Å². The number of ether oxygens (including phenoxy) is 3. The number of aliphatic hydroxyl groups excluding tert-OH is 1. The van der Waals surface area contributed by atoms with E-state index in [9.17, 15) is 9.90 Å². The minimum absolute atomic E-state index is 0.131. The van der Waals surface area contributed by atoms with Crippen LogP contribution in [0.1, 0.15) is 24.1 Å². The van der Waals surface area contributed by atoms with E-state index in [1.807, 2.05) is 78.9 Å². The third kappa shape index (κ3) is 7.23. The number of hydrogen-bond acceptors (Lipinski definition) is 6. The molecule has 3 aromatic carbocycles. The second-order valence-corrected chi connectivity index (χ2v) is 7.90. The molecule has 0 heterocycles. The molecule has 2 atom stereocenters. The van der Waals surface area contributed by atoms with Gasteiger partial charge in [0.1, 0.15) is 30.0 Å². The Bertz CT molecular complexity index is 962. The number of methoxy groups -OCH3 is 2. The summed E-state index contributed by atoms with van der Waals surface area (Å²) in [6.45, 7) is 2.11. The number of rotatable bonds is 12. The summed E-state index contributed by atoms with van der Waals surface area (Å²) in [5.41, 5.74) is 1.84. The Morgan fingerprint density at radius 1 is 0.824 bits per heavy atom. The van der Waals surface area contributed by atoms with Gasteiger partial charge in [-0.05, 0) is 54.4 Å². The van der Waals surface area contributed by atoms with E-state index in [0.29, 0.717) is 5.75 Å². The lowest BCUT2D eigenvalue weighted by Crippen LogP contribution is -2.46. The standard InChI is InChI=1S/C27H32N2O5/c1-19(28-17-22(30)18-34-25-7-5-4-6-8-25)27(31)29-26(20-9-13-23(32-2)14-10-20)21-11-15-24(33-3)16-12-21/h4-16,19,22,26,28,30H,17-18H2,1-3H3,(H,29,31)/t19-,22+/m1/s1. The summed E-state index contributed by atoms with van der Waals surface area (Å²) in [5, 5.41) is 16.4. The van der Waals surface area contributed by atoms with Gasteiger partial charge in [-0.2, -0.15) is 0 Å². The minimum Gasteiger partial charge on any atom is -0.497 e. The molecule has 180 valence electrons. The lowest BCUT2D eigenvalue weighted by Gasteiger charge is -2.23. The van der Waals surface area contributed by atoms with Crippen LogP contribution in [0, 0.1) is 0 Å². The van der Waals surface area contributed by atoms with Gasteiger partial charge in [-0.25, -0.2) is 0 Å². The van der Waals surface area contributed by atoms with Crippen molar-refractivity contribution in [3.8, 4) is 17.2 Å². The van der Waals surface area contributed by atoms with Crippen molar-refractivity contribution in [2.75, 3.05) is 27.4 Å². The average molecular weight is 465 g/mol. The predicted molar refractivity (Wildman–Crippen MR) is 131 cm³/mol. The third-order valence-electron chi connectivity index (χ3n) is 5.42. The topological polar surface area (TPSA) is 89.1 Å². The van der Waals surface area contributed by atoms with Crippen LogP contribution in [0.4, 0.5) is 0 Å². The van der Waals surface area contributed by atoms with Crippen LogP contribution in [0.15, 0.2) is 78.9 Å². The van der Waals surface area contributed by atoms with Crippen molar-refractivity contribution >= 4 is 5.91 Å². The summed E-state index contributed by atoms with van der Waals surface area (Å²) in [5.74, 6) is 1.98. The largest absolute Gasteiger partial charge is 0.497 e. The fraction of sp³-hybridized carbons (Fsp3) is 0.296. The fourth-order valence-corrected chi connectivity index (χ4v) is 3.39. The highest BCUT2D eigenvalue weighted by molar-refractivity contribution is 5.82. The quantitative estimate of drug-likeness (QED) is 0.381. The normalized spacial score (nSPS) is 12.6. The lowest BCUT2D eigenvalue weighted by molar-refractivity contribution is -0.123. The van der Waals surface area contributed by atoms with Gasteiger partial charge < -0.3 is 30.0 Å². The summed E-state index contributed by atoms with van der Waals surface area (Å²) in [4.78, 5) is 13.0. The zero-order valence-electron chi connectivity index (χ0n) is 19.7. The minimum atomic E-state index is -0.755. The maximum absolute atomic E-state index is 13.0. The van der Waals surface area contributed by atoms with Gasteiger partial charge in [0, 0.05) is 6.54 Å². The SMILES string of the molecule is COc1ccc(C(NC(=O)[C@@H](C)NC[C@H](O)COc2ccccc2)c2ccc(OC)cc2)cc1. The zero-order valence-corrected chi connectivity index (χ0v) is 19.7. The van der Waals surface area contributed by atoms with Crippen molar-refractivity contribution in [3.05, 3.63) is 90.0 Å². The molecule has 0 spiro atoms. The highest BCUT2D eigenvalue weighted by atomic mass is 16.5. The smallest absolute Gasteiger partial charge is 0.237 e. The zero-order chi connectivity index (χ0) is 24.3. The van der Waals surface area contributed by atoms with Crippen molar-refractivity contribution in [2.45, 2.75) is 25.1 Å². The molecule has 1 amide bonds. The molecule has 0 aliphatic rings. The highest BCUT2D eigenvalue weighted by Crippen LogP contribution is 2.26. The van der Waals surface area contributed by atoms with Gasteiger partial charge in [-0.15, -0.1) is 0 Å². The molecule has 0 unspecified atom stereocenters. The molecule has 0 bridgehead atoms. The molecule has 0 fully saturated rings. The van der Waals surface area contributed by atoms with Crippen LogP contribution in [0.5, 0.6) is 17.2 Å². The molecule has 0 saturated heterocycles. The van der Waals surface area contributed by atoms with E-state index in [1.54, 1.807) is 21.1 Å². The van der Waals surface area contributed by atoms with Crippen molar-refractivity contribution in [3.63, 3.8) is 0 Å². The molecular formula is C27H32N2O5. The Labute approximate surface area is 200 Å². The van der Waals surface area contributed by atoms with Crippen molar-refractivity contribution in [1.29, 1.82) is 0 Å². The summed E-state index contributed by atoms with van der Waals surface area (Å²) >= 11 is 0. The van der Waals surface area contributed by atoms with Gasteiger partial charge in [-0.3, -0.25) is 4.79 Å². The van der Waals surface area contributed by atoms with E-state index >= 15 is 0 Å². The van der Waals surface area contributed by atoms with Gasteiger partial charge in [-0.1, -0.05) is 42.5 Å². The van der Waals surface area contributed by atoms with Gasteiger partial charge in [0.2, 0.25) is 5.91 Å². The molecule has 3 N–H and O–H groups in total. The van der Waals surface area contributed by atoms with Gasteiger partial charge in [0.15, 0.2) is 0 Å². The fourth-order valence-electron chi connectivity index (χ4n) is 3.39. The summed E-state index contributed by atoms with van der Waals surface area (Å²) in [6.07, 6.45) is -0.755. The number of carbonyl (C=O) groups excluding carboxylic acids is 1. The Morgan fingerprint density at radius 3 is 1.85 bits per heavy atom. The van der Waals surface area contributed by atoms with E-state index in [-0.39, 0.29) is 25.1 Å². The Kier molecular flexibility index (Phi) is 9.31. The molecule has 0 saturated carbocycles. The van der Waals surface area contributed by atoms with Gasteiger partial charge in [0.25, 0.3) is 0 Å². The van der Waals surface area contributed by atoms with Crippen molar-refractivity contribution in [2.24, 2.45) is 0 Å². The number of amides is 1. The molecular weight excluding hydrogens is 432 g/mol. The molecule has 34 heavy (non-hydrogen) atoms. The molecule has 7 heteroatoms. The maximum Gasteiger partial charge on any atom is 0.237 e. The van der Waals surface area contributed by atoms with Crippen LogP contribution in [-0.2, 0) is 4.79 Å². The molecule has 0 aromatic heterocycles. The van der Waals surface area contributed by atoms with E-state index in [1.165, 1.54) is 0 Å².